The van der Waals surface area contributed by atoms with Crippen molar-refractivity contribution >= 4 is 11.3 Å². The van der Waals surface area contributed by atoms with Crippen molar-refractivity contribution in [3.05, 3.63) is 39.8 Å². The maximum absolute atomic E-state index is 10.4. The van der Waals surface area contributed by atoms with Crippen LogP contribution in [0, 0.1) is 0 Å². The van der Waals surface area contributed by atoms with Gasteiger partial charge >= 0.3 is 0 Å². The molecule has 0 fully saturated rings. The fraction of sp³-hybridized carbons (Fsp3) is 0.462. The number of rotatable bonds is 5. The van der Waals surface area contributed by atoms with Crippen LogP contribution in [0.25, 0.3) is 0 Å². The van der Waals surface area contributed by atoms with Gasteiger partial charge in [0.2, 0.25) is 0 Å². The quantitative estimate of drug-likeness (QED) is 0.886. The molecule has 0 spiro atoms. The first-order valence-electron chi connectivity index (χ1n) is 6.04. The van der Waals surface area contributed by atoms with Crippen LogP contribution in [0.1, 0.15) is 42.5 Å². The Balaban J connectivity index is 2.30. The molecule has 3 nitrogen and oxygen atoms in total. The van der Waals surface area contributed by atoms with Crippen LogP contribution in [-0.2, 0) is 13.0 Å². The molecule has 0 radical (unpaired) electrons. The molecule has 1 atom stereocenters. The summed E-state index contributed by atoms with van der Waals surface area (Å²) in [6.07, 6.45) is 3.19. The molecule has 1 unspecified atom stereocenters. The van der Waals surface area contributed by atoms with Crippen LogP contribution in [-0.4, -0.2) is 14.9 Å². The summed E-state index contributed by atoms with van der Waals surface area (Å²) < 4.78 is 1.89. The van der Waals surface area contributed by atoms with Gasteiger partial charge in [-0.2, -0.15) is 5.10 Å². The van der Waals surface area contributed by atoms with E-state index in [1.807, 2.05) is 16.1 Å². The topological polar surface area (TPSA) is 38.0 Å². The molecule has 2 rings (SSSR count). The van der Waals surface area contributed by atoms with E-state index >= 15 is 0 Å². The van der Waals surface area contributed by atoms with E-state index in [0.717, 1.165) is 30.0 Å². The molecular formula is C13H18N2OS. The summed E-state index contributed by atoms with van der Waals surface area (Å²) in [6, 6.07) is 3.99. The number of aromatic nitrogens is 2. The van der Waals surface area contributed by atoms with E-state index in [1.54, 1.807) is 17.5 Å². The van der Waals surface area contributed by atoms with Gasteiger partial charge in [0, 0.05) is 17.6 Å². The lowest BCUT2D eigenvalue weighted by Crippen LogP contribution is -2.10. The Kier molecular flexibility index (Phi) is 3.97. The van der Waals surface area contributed by atoms with Gasteiger partial charge in [-0.1, -0.05) is 13.8 Å². The second kappa shape index (κ2) is 5.47. The fourth-order valence-corrected chi connectivity index (χ4v) is 2.98. The van der Waals surface area contributed by atoms with Gasteiger partial charge in [0.05, 0.1) is 5.69 Å². The van der Waals surface area contributed by atoms with Crippen molar-refractivity contribution in [3.63, 3.8) is 0 Å². The fourth-order valence-electron chi connectivity index (χ4n) is 1.99. The van der Waals surface area contributed by atoms with Gasteiger partial charge in [-0.15, -0.1) is 11.3 Å². The van der Waals surface area contributed by atoms with Crippen molar-refractivity contribution in [1.29, 1.82) is 0 Å². The summed E-state index contributed by atoms with van der Waals surface area (Å²) in [5.41, 5.74) is 2.12. The summed E-state index contributed by atoms with van der Waals surface area (Å²) in [4.78, 5) is 1.05. The Labute approximate surface area is 106 Å². The van der Waals surface area contributed by atoms with Gasteiger partial charge in [-0.05, 0) is 35.9 Å². The van der Waals surface area contributed by atoms with Crippen LogP contribution < -0.4 is 0 Å². The smallest absolute Gasteiger partial charge is 0.130 e. The van der Waals surface area contributed by atoms with E-state index in [0.29, 0.717) is 0 Å². The Morgan fingerprint density at radius 3 is 2.94 bits per heavy atom. The Hall–Kier alpha value is -1.13. The highest BCUT2D eigenvalue weighted by Crippen LogP contribution is 2.29. The second-order valence-corrected chi connectivity index (χ2v) is 4.99. The maximum atomic E-state index is 10.4. The summed E-state index contributed by atoms with van der Waals surface area (Å²) in [5, 5.41) is 16.7. The zero-order valence-electron chi connectivity index (χ0n) is 10.3. The lowest BCUT2D eigenvalue weighted by atomic mass is 10.1. The van der Waals surface area contributed by atoms with Gasteiger partial charge in [0.1, 0.15) is 6.10 Å². The number of hydrogen-bond donors (Lipinski definition) is 1. The molecule has 92 valence electrons. The van der Waals surface area contributed by atoms with E-state index in [4.69, 9.17) is 0 Å². The normalized spacial score (nSPS) is 12.9. The average Bonchev–Trinajstić information content (AvgIpc) is 2.96. The minimum atomic E-state index is -0.543. The summed E-state index contributed by atoms with van der Waals surface area (Å²) in [7, 11) is 0. The third-order valence-corrected chi connectivity index (χ3v) is 3.89. The van der Waals surface area contributed by atoms with Crippen molar-refractivity contribution in [2.75, 3.05) is 0 Å². The lowest BCUT2D eigenvalue weighted by Gasteiger charge is -2.13. The predicted molar refractivity (Wildman–Crippen MR) is 70.3 cm³/mol. The molecule has 0 aromatic carbocycles. The molecule has 2 aromatic heterocycles. The van der Waals surface area contributed by atoms with Gasteiger partial charge in [0.25, 0.3) is 0 Å². The third kappa shape index (κ3) is 2.42. The molecule has 0 bridgehead atoms. The molecule has 0 aliphatic heterocycles. The highest BCUT2D eigenvalue weighted by molar-refractivity contribution is 7.10. The lowest BCUT2D eigenvalue weighted by molar-refractivity contribution is 0.210. The molecule has 17 heavy (non-hydrogen) atoms. The molecule has 0 aliphatic rings. The summed E-state index contributed by atoms with van der Waals surface area (Å²) >= 11 is 1.62. The second-order valence-electron chi connectivity index (χ2n) is 4.05. The van der Waals surface area contributed by atoms with Crippen molar-refractivity contribution in [3.8, 4) is 0 Å². The number of thiophene rings is 1. The minimum absolute atomic E-state index is 0.543. The van der Waals surface area contributed by atoms with Crippen molar-refractivity contribution in [1.82, 2.24) is 9.78 Å². The molecule has 0 amide bonds. The molecule has 0 saturated heterocycles. The first kappa shape index (κ1) is 12.3. The van der Waals surface area contributed by atoms with E-state index in [1.165, 1.54) is 5.56 Å². The first-order chi connectivity index (χ1) is 8.27. The zero-order chi connectivity index (χ0) is 12.3. The Morgan fingerprint density at radius 2 is 2.24 bits per heavy atom. The standard InChI is InChI=1S/C13H18N2OS/c1-3-8-15-11(5-7-14-15)12(16)13-10(4-2)6-9-17-13/h5-7,9,12,16H,3-4,8H2,1-2H3. The SMILES string of the molecule is CCCn1nccc1C(O)c1sccc1CC. The van der Waals surface area contributed by atoms with Crippen LogP contribution in [0.2, 0.25) is 0 Å². The molecule has 2 heterocycles. The molecular weight excluding hydrogens is 232 g/mol. The minimum Gasteiger partial charge on any atom is -0.381 e. The van der Waals surface area contributed by atoms with Gasteiger partial charge in [-0.3, -0.25) is 4.68 Å². The van der Waals surface area contributed by atoms with Crippen molar-refractivity contribution < 1.29 is 5.11 Å². The van der Waals surface area contributed by atoms with E-state index in [9.17, 15) is 5.11 Å². The van der Waals surface area contributed by atoms with Crippen LogP contribution in [0.15, 0.2) is 23.7 Å². The number of hydrogen-bond acceptors (Lipinski definition) is 3. The largest absolute Gasteiger partial charge is 0.381 e. The van der Waals surface area contributed by atoms with Crippen LogP contribution >= 0.6 is 11.3 Å². The van der Waals surface area contributed by atoms with Gasteiger partial charge in [-0.25, -0.2) is 0 Å². The van der Waals surface area contributed by atoms with Gasteiger partial charge in [0.15, 0.2) is 0 Å². The predicted octanol–water partition coefficient (Wildman–Crippen LogP) is 3.00. The van der Waals surface area contributed by atoms with Crippen molar-refractivity contribution in [2.24, 2.45) is 0 Å². The highest BCUT2D eigenvalue weighted by Gasteiger charge is 2.18. The van der Waals surface area contributed by atoms with E-state index in [-0.39, 0.29) is 0 Å². The zero-order valence-corrected chi connectivity index (χ0v) is 11.1. The van der Waals surface area contributed by atoms with Gasteiger partial charge < -0.3 is 5.11 Å². The molecule has 0 saturated carbocycles. The average molecular weight is 250 g/mol. The Morgan fingerprint density at radius 1 is 1.41 bits per heavy atom. The summed E-state index contributed by atoms with van der Waals surface area (Å²) in [5.74, 6) is 0. The van der Waals surface area contributed by atoms with Crippen LogP contribution in [0.3, 0.4) is 0 Å². The monoisotopic (exact) mass is 250 g/mol. The highest BCUT2D eigenvalue weighted by atomic mass is 32.1. The number of aryl methyl sites for hydroxylation is 2. The third-order valence-electron chi connectivity index (χ3n) is 2.87. The molecule has 2 aromatic rings. The van der Waals surface area contributed by atoms with Crippen LogP contribution in [0.4, 0.5) is 0 Å². The number of nitrogens with zero attached hydrogens (tertiary/aromatic N) is 2. The van der Waals surface area contributed by atoms with Crippen molar-refractivity contribution in [2.45, 2.75) is 39.3 Å². The van der Waals surface area contributed by atoms with E-state index in [2.05, 4.69) is 25.0 Å². The molecule has 4 heteroatoms. The molecule has 0 aliphatic carbocycles. The maximum Gasteiger partial charge on any atom is 0.130 e. The summed E-state index contributed by atoms with van der Waals surface area (Å²) in [6.45, 7) is 5.08. The molecule has 1 N–H and O–H groups in total. The number of aliphatic hydroxyl groups is 1. The first-order valence-corrected chi connectivity index (χ1v) is 6.91. The number of aliphatic hydroxyl groups excluding tert-OH is 1. The van der Waals surface area contributed by atoms with Crippen LogP contribution in [0.5, 0.6) is 0 Å². The van der Waals surface area contributed by atoms with E-state index < -0.39 is 6.10 Å². The Bertz CT molecular complexity index is 475.